The summed E-state index contributed by atoms with van der Waals surface area (Å²) in [6.07, 6.45) is 0.489. The van der Waals surface area contributed by atoms with Gasteiger partial charge >= 0.3 is 6.09 Å². The van der Waals surface area contributed by atoms with E-state index >= 15 is 0 Å². The molecule has 1 aliphatic heterocycles. The zero-order chi connectivity index (χ0) is 12.6. The van der Waals surface area contributed by atoms with Crippen molar-refractivity contribution in [2.75, 3.05) is 11.4 Å². The minimum atomic E-state index is -0.501. The van der Waals surface area contributed by atoms with Crippen molar-refractivity contribution in [1.29, 1.82) is 0 Å². The first-order chi connectivity index (χ1) is 7.88. The monoisotopic (exact) mass is 302 g/mol. The second kappa shape index (κ2) is 4.29. The van der Waals surface area contributed by atoms with Crippen LogP contribution in [0.5, 0.6) is 0 Å². The highest BCUT2D eigenvalue weighted by molar-refractivity contribution is 9.10. The fraction of sp³-hybridized carbons (Fsp3) is 0.700. The van der Waals surface area contributed by atoms with Gasteiger partial charge in [0.2, 0.25) is 0 Å². The van der Waals surface area contributed by atoms with Gasteiger partial charge in [-0.05, 0) is 43.1 Å². The molecule has 0 saturated carbocycles. The van der Waals surface area contributed by atoms with Gasteiger partial charge in [0.1, 0.15) is 5.60 Å². The summed E-state index contributed by atoms with van der Waals surface area (Å²) in [5.74, 6) is 0.672. The largest absolute Gasteiger partial charge is 0.443 e. The zero-order valence-electron chi connectivity index (χ0n) is 10.1. The number of fused-ring (bicyclic) bond motifs is 1. The van der Waals surface area contributed by atoms with Gasteiger partial charge in [0, 0.05) is 13.1 Å². The van der Waals surface area contributed by atoms with E-state index in [2.05, 4.69) is 26.2 Å². The number of carbonyl (C=O) groups is 1. The van der Waals surface area contributed by atoms with E-state index in [1.807, 2.05) is 20.8 Å². The van der Waals surface area contributed by atoms with Crippen molar-refractivity contribution in [1.82, 2.24) is 15.0 Å². The average Bonchev–Trinajstić information content (AvgIpc) is 2.58. The van der Waals surface area contributed by atoms with Crippen molar-refractivity contribution in [2.45, 2.75) is 39.3 Å². The molecule has 1 aromatic rings. The first-order valence-corrected chi connectivity index (χ1v) is 6.27. The van der Waals surface area contributed by atoms with Crippen LogP contribution < -0.4 is 4.90 Å². The molecule has 17 heavy (non-hydrogen) atoms. The van der Waals surface area contributed by atoms with Gasteiger partial charge in [0.15, 0.2) is 10.4 Å². The Morgan fingerprint density at radius 3 is 2.76 bits per heavy atom. The van der Waals surface area contributed by atoms with Crippen LogP contribution in [0.15, 0.2) is 4.60 Å². The molecule has 1 aromatic heterocycles. The maximum absolute atomic E-state index is 12.0. The van der Waals surface area contributed by atoms with Crippen LogP contribution in [0.3, 0.4) is 0 Å². The Morgan fingerprint density at radius 2 is 2.12 bits per heavy atom. The minimum absolute atomic E-state index is 0.360. The summed E-state index contributed by atoms with van der Waals surface area (Å²) in [4.78, 5) is 13.6. The van der Waals surface area contributed by atoms with Crippen molar-refractivity contribution < 1.29 is 9.53 Å². The normalized spacial score (nSPS) is 15.6. The third kappa shape index (κ3) is 2.59. The maximum Gasteiger partial charge on any atom is 0.416 e. The first-order valence-electron chi connectivity index (χ1n) is 5.48. The van der Waals surface area contributed by atoms with Crippen LogP contribution in [0.4, 0.5) is 10.6 Å². The number of ether oxygens (including phenoxy) is 1. The first kappa shape index (κ1) is 12.3. The van der Waals surface area contributed by atoms with Crippen molar-refractivity contribution in [3.8, 4) is 0 Å². The smallest absolute Gasteiger partial charge is 0.416 e. The lowest BCUT2D eigenvalue weighted by Crippen LogP contribution is -2.41. The summed E-state index contributed by atoms with van der Waals surface area (Å²) in [7, 11) is 0. The highest BCUT2D eigenvalue weighted by Crippen LogP contribution is 2.28. The highest BCUT2D eigenvalue weighted by atomic mass is 79.9. The molecule has 0 atom stereocenters. The fourth-order valence-corrected chi connectivity index (χ4v) is 2.16. The molecule has 2 heterocycles. The van der Waals surface area contributed by atoms with E-state index in [-0.39, 0.29) is 6.09 Å². The van der Waals surface area contributed by atoms with Crippen LogP contribution in [0.2, 0.25) is 0 Å². The molecular formula is C10H15BrN4O2. The summed E-state index contributed by atoms with van der Waals surface area (Å²) >= 11 is 3.30. The second-order valence-electron chi connectivity index (χ2n) is 4.91. The molecule has 0 radical (unpaired) electrons. The molecule has 1 aliphatic rings. The van der Waals surface area contributed by atoms with Gasteiger partial charge in [-0.2, -0.15) is 0 Å². The predicted molar refractivity (Wildman–Crippen MR) is 65.9 cm³/mol. The summed E-state index contributed by atoms with van der Waals surface area (Å²) < 4.78 is 7.63. The Morgan fingerprint density at radius 1 is 1.41 bits per heavy atom. The van der Waals surface area contributed by atoms with E-state index in [0.29, 0.717) is 17.0 Å². The second-order valence-corrected chi connectivity index (χ2v) is 5.66. The van der Waals surface area contributed by atoms with Gasteiger partial charge in [-0.15, -0.1) is 5.10 Å². The molecule has 2 rings (SSSR count). The molecule has 7 heteroatoms. The molecule has 0 aliphatic carbocycles. The minimum Gasteiger partial charge on any atom is -0.443 e. The Labute approximate surface area is 108 Å². The van der Waals surface area contributed by atoms with Crippen LogP contribution in [0, 0.1) is 0 Å². The van der Waals surface area contributed by atoms with Crippen molar-refractivity contribution in [2.24, 2.45) is 0 Å². The van der Waals surface area contributed by atoms with E-state index in [0.717, 1.165) is 13.0 Å². The highest BCUT2D eigenvalue weighted by Gasteiger charge is 2.30. The van der Waals surface area contributed by atoms with E-state index in [1.165, 1.54) is 0 Å². The molecule has 1 amide bonds. The number of carbonyl (C=O) groups excluding carboxylic acids is 1. The lowest BCUT2D eigenvalue weighted by atomic mass is 10.2. The molecule has 0 aromatic carbocycles. The molecule has 0 fully saturated rings. The molecule has 94 valence electrons. The standard InChI is InChI=1S/C10H15BrN4O2/c1-10(2,3)17-9(16)14-5-4-6-15-8(14)7(11)12-13-15/h4-6H2,1-3H3. The zero-order valence-corrected chi connectivity index (χ0v) is 11.7. The van der Waals surface area contributed by atoms with Gasteiger partial charge in [-0.1, -0.05) is 5.21 Å². The molecule has 0 spiro atoms. The van der Waals surface area contributed by atoms with Gasteiger partial charge < -0.3 is 4.74 Å². The quantitative estimate of drug-likeness (QED) is 0.737. The number of halogens is 1. The van der Waals surface area contributed by atoms with Gasteiger partial charge in [0.05, 0.1) is 0 Å². The van der Waals surface area contributed by atoms with Gasteiger partial charge in [-0.3, -0.25) is 4.90 Å². The lowest BCUT2D eigenvalue weighted by molar-refractivity contribution is 0.0572. The lowest BCUT2D eigenvalue weighted by Gasteiger charge is -2.29. The third-order valence-corrected chi connectivity index (χ3v) is 2.80. The van der Waals surface area contributed by atoms with Crippen LogP contribution in [-0.4, -0.2) is 33.2 Å². The number of anilines is 1. The Balaban J connectivity index is 2.24. The van der Waals surface area contributed by atoms with Gasteiger partial charge in [-0.25, -0.2) is 9.48 Å². The Hall–Kier alpha value is -1.11. The fourth-order valence-electron chi connectivity index (χ4n) is 1.67. The molecule has 0 unspecified atom stereocenters. The summed E-state index contributed by atoms with van der Waals surface area (Å²) in [6.45, 7) is 6.94. The van der Waals surface area contributed by atoms with Crippen molar-refractivity contribution in [3.05, 3.63) is 4.60 Å². The molecular weight excluding hydrogens is 288 g/mol. The predicted octanol–water partition coefficient (Wildman–Crippen LogP) is 2.19. The number of amides is 1. The summed E-state index contributed by atoms with van der Waals surface area (Å²) in [6, 6.07) is 0. The van der Waals surface area contributed by atoms with E-state index < -0.39 is 5.60 Å². The molecule has 0 saturated heterocycles. The van der Waals surface area contributed by atoms with Crippen LogP contribution in [0.25, 0.3) is 0 Å². The Bertz CT molecular complexity index is 438. The topological polar surface area (TPSA) is 60.2 Å². The third-order valence-electron chi connectivity index (χ3n) is 2.29. The SMILES string of the molecule is CC(C)(C)OC(=O)N1CCCn2nnc(Br)c21. The van der Waals surface area contributed by atoms with E-state index in [1.54, 1.807) is 9.58 Å². The van der Waals surface area contributed by atoms with E-state index in [9.17, 15) is 4.79 Å². The number of rotatable bonds is 0. The number of hydrogen-bond acceptors (Lipinski definition) is 4. The Kier molecular flexibility index (Phi) is 3.11. The number of nitrogens with zero attached hydrogens (tertiary/aromatic N) is 4. The number of aromatic nitrogens is 3. The van der Waals surface area contributed by atoms with Crippen LogP contribution in [-0.2, 0) is 11.3 Å². The van der Waals surface area contributed by atoms with Crippen molar-refractivity contribution >= 4 is 27.8 Å². The molecule has 6 nitrogen and oxygen atoms in total. The number of hydrogen-bond donors (Lipinski definition) is 0. The van der Waals surface area contributed by atoms with E-state index in [4.69, 9.17) is 4.74 Å². The van der Waals surface area contributed by atoms with Crippen LogP contribution in [0.1, 0.15) is 27.2 Å². The average molecular weight is 303 g/mol. The molecule has 0 N–H and O–H groups in total. The van der Waals surface area contributed by atoms with Gasteiger partial charge in [0.25, 0.3) is 0 Å². The molecule has 0 bridgehead atoms. The summed E-state index contributed by atoms with van der Waals surface area (Å²) in [5.41, 5.74) is -0.501. The number of aryl methyl sites for hydroxylation is 1. The van der Waals surface area contributed by atoms with Crippen LogP contribution >= 0.6 is 15.9 Å². The van der Waals surface area contributed by atoms with Crippen molar-refractivity contribution in [3.63, 3.8) is 0 Å². The summed E-state index contributed by atoms with van der Waals surface area (Å²) in [5, 5.41) is 7.86. The maximum atomic E-state index is 12.0.